The predicted octanol–water partition coefficient (Wildman–Crippen LogP) is 3.40. The lowest BCUT2D eigenvalue weighted by Gasteiger charge is -2.17. The summed E-state index contributed by atoms with van der Waals surface area (Å²) in [5.74, 6) is -1.13. The van der Waals surface area contributed by atoms with Crippen LogP contribution in [-0.4, -0.2) is 34.8 Å². The Bertz CT molecular complexity index is 930. The van der Waals surface area contributed by atoms with Gasteiger partial charge in [-0.05, 0) is 17.7 Å². The van der Waals surface area contributed by atoms with Gasteiger partial charge in [0.25, 0.3) is 5.91 Å². The van der Waals surface area contributed by atoms with Crippen molar-refractivity contribution in [2.75, 3.05) is 19.1 Å². The Morgan fingerprint density at radius 1 is 1.27 bits per heavy atom. The molecule has 0 unspecified atom stereocenters. The van der Waals surface area contributed by atoms with Gasteiger partial charge >= 0.3 is 0 Å². The number of carbonyl (C=O) groups excluding carboxylic acids is 1. The number of ether oxygens (including phenoxy) is 1. The molecule has 8 heteroatoms. The highest BCUT2D eigenvalue weighted by Crippen LogP contribution is 2.33. The van der Waals surface area contributed by atoms with Crippen LogP contribution >= 0.6 is 11.6 Å². The average Bonchev–Trinajstić information content (AvgIpc) is 3.12. The van der Waals surface area contributed by atoms with Crippen LogP contribution in [0, 0.1) is 5.82 Å². The summed E-state index contributed by atoms with van der Waals surface area (Å²) < 4.78 is 20.9. The largest absolute Gasteiger partial charge is 0.495 e. The first-order valence-corrected chi connectivity index (χ1v) is 8.12. The Morgan fingerprint density at radius 2 is 2.00 bits per heavy atom. The second-order valence-electron chi connectivity index (χ2n) is 5.53. The van der Waals surface area contributed by atoms with Crippen molar-refractivity contribution in [1.82, 2.24) is 14.8 Å². The van der Waals surface area contributed by atoms with Crippen molar-refractivity contribution >= 4 is 23.2 Å². The van der Waals surface area contributed by atoms with Crippen molar-refractivity contribution in [2.24, 2.45) is 0 Å². The lowest BCUT2D eigenvalue weighted by Crippen LogP contribution is -2.28. The molecule has 2 aromatic carbocycles. The summed E-state index contributed by atoms with van der Waals surface area (Å²) in [5, 5.41) is 3.98. The van der Waals surface area contributed by atoms with Gasteiger partial charge in [-0.25, -0.2) is 14.1 Å². The van der Waals surface area contributed by atoms with Crippen molar-refractivity contribution < 1.29 is 13.9 Å². The molecule has 1 amide bonds. The molecule has 134 valence electrons. The predicted molar refractivity (Wildman–Crippen MR) is 96.3 cm³/mol. The summed E-state index contributed by atoms with van der Waals surface area (Å²) in [6.45, 7) is 0.480. The van der Waals surface area contributed by atoms with Gasteiger partial charge in [0.15, 0.2) is 5.82 Å². The zero-order valence-corrected chi connectivity index (χ0v) is 14.9. The smallest absolute Gasteiger partial charge is 0.297 e. The molecule has 3 rings (SSSR count). The molecule has 0 atom stereocenters. The maximum atomic E-state index is 14.4. The Hall–Kier alpha value is -2.93. The molecule has 0 fully saturated rings. The number of methoxy groups -OCH3 is 1. The van der Waals surface area contributed by atoms with Crippen LogP contribution in [0.25, 0.3) is 0 Å². The molecule has 0 N–H and O–H groups in total. The zero-order chi connectivity index (χ0) is 18.7. The Balaban J connectivity index is 1.80. The number of amides is 1. The number of carbonyl (C=O) groups is 1. The van der Waals surface area contributed by atoms with Crippen LogP contribution in [0.1, 0.15) is 16.2 Å². The van der Waals surface area contributed by atoms with Crippen LogP contribution in [0.3, 0.4) is 0 Å². The van der Waals surface area contributed by atoms with E-state index in [2.05, 4.69) is 10.1 Å². The first-order chi connectivity index (χ1) is 12.5. The second kappa shape index (κ2) is 7.53. The molecule has 1 aromatic heterocycles. The van der Waals surface area contributed by atoms with Crippen LogP contribution < -0.4 is 9.64 Å². The molecule has 0 saturated heterocycles. The van der Waals surface area contributed by atoms with Gasteiger partial charge in [0.2, 0.25) is 5.82 Å². The van der Waals surface area contributed by atoms with E-state index in [1.165, 1.54) is 32.6 Å². The molecule has 3 aromatic rings. The van der Waals surface area contributed by atoms with Crippen molar-refractivity contribution in [3.63, 3.8) is 0 Å². The van der Waals surface area contributed by atoms with Gasteiger partial charge in [0, 0.05) is 7.05 Å². The molecule has 1 heterocycles. The Labute approximate surface area is 154 Å². The third kappa shape index (κ3) is 3.52. The van der Waals surface area contributed by atoms with Gasteiger partial charge in [-0.3, -0.25) is 4.79 Å². The second-order valence-corrected chi connectivity index (χ2v) is 5.91. The van der Waals surface area contributed by atoms with Gasteiger partial charge in [-0.15, -0.1) is 5.10 Å². The van der Waals surface area contributed by atoms with Gasteiger partial charge in [-0.2, -0.15) is 0 Å². The highest BCUT2D eigenvalue weighted by molar-refractivity contribution is 6.32. The molecule has 0 spiro atoms. The first-order valence-electron chi connectivity index (χ1n) is 7.74. The molecule has 0 aliphatic heterocycles. The zero-order valence-electron chi connectivity index (χ0n) is 14.2. The van der Waals surface area contributed by atoms with Crippen LogP contribution in [0.2, 0.25) is 5.02 Å². The minimum Gasteiger partial charge on any atom is -0.495 e. The number of rotatable bonds is 5. The average molecular weight is 375 g/mol. The highest BCUT2D eigenvalue weighted by Gasteiger charge is 2.23. The molecule has 0 aliphatic carbocycles. The molecular weight excluding hydrogens is 359 g/mol. The number of nitrogens with zero attached hydrogens (tertiary/aromatic N) is 4. The fourth-order valence-corrected chi connectivity index (χ4v) is 2.67. The van der Waals surface area contributed by atoms with E-state index < -0.39 is 11.7 Å². The number of aromatic nitrogens is 3. The van der Waals surface area contributed by atoms with E-state index in [9.17, 15) is 9.18 Å². The van der Waals surface area contributed by atoms with Gasteiger partial charge in [0.05, 0.1) is 19.3 Å². The summed E-state index contributed by atoms with van der Waals surface area (Å²) in [5.41, 5.74) is 1.04. The standard InChI is InChI=1S/C18H16ClFN4O2/c1-23(13-8-9-14(26-2)15(19)16(13)20)18(25)17-21-11-24(22-17)10-12-6-4-3-5-7-12/h3-9,11H,10H2,1-2H3. The molecule has 0 aliphatic rings. The number of hydrogen-bond acceptors (Lipinski definition) is 4. The van der Waals surface area contributed by atoms with E-state index in [-0.39, 0.29) is 22.3 Å². The third-order valence-corrected chi connectivity index (χ3v) is 4.18. The maximum Gasteiger partial charge on any atom is 0.297 e. The van der Waals surface area contributed by atoms with E-state index in [0.29, 0.717) is 6.54 Å². The van der Waals surface area contributed by atoms with Gasteiger partial charge < -0.3 is 9.64 Å². The lowest BCUT2D eigenvalue weighted by molar-refractivity contribution is 0.0982. The highest BCUT2D eigenvalue weighted by atomic mass is 35.5. The van der Waals surface area contributed by atoms with Gasteiger partial charge in [-0.1, -0.05) is 41.9 Å². The summed E-state index contributed by atoms with van der Waals surface area (Å²) in [7, 11) is 2.82. The Morgan fingerprint density at radius 3 is 2.69 bits per heavy atom. The fraction of sp³-hybridized carbons (Fsp3) is 0.167. The first kappa shape index (κ1) is 17.9. The van der Waals surface area contributed by atoms with E-state index in [0.717, 1.165) is 10.5 Å². The van der Waals surface area contributed by atoms with Crippen LogP contribution in [-0.2, 0) is 6.54 Å². The third-order valence-electron chi connectivity index (χ3n) is 3.83. The van der Waals surface area contributed by atoms with Crippen LogP contribution in [0.5, 0.6) is 5.75 Å². The summed E-state index contributed by atoms with van der Waals surface area (Å²) in [4.78, 5) is 17.7. The molecule has 0 radical (unpaired) electrons. The summed E-state index contributed by atoms with van der Waals surface area (Å²) >= 11 is 5.91. The minimum atomic E-state index is -0.745. The van der Waals surface area contributed by atoms with Crippen LogP contribution in [0.4, 0.5) is 10.1 Å². The van der Waals surface area contributed by atoms with Crippen molar-refractivity contribution in [1.29, 1.82) is 0 Å². The molecule has 6 nitrogen and oxygen atoms in total. The number of halogens is 2. The van der Waals surface area contributed by atoms with Crippen molar-refractivity contribution in [3.8, 4) is 5.75 Å². The molecular formula is C18H16ClFN4O2. The van der Waals surface area contributed by atoms with Gasteiger partial charge in [0.1, 0.15) is 17.1 Å². The SMILES string of the molecule is COc1ccc(N(C)C(=O)c2ncn(Cc3ccccc3)n2)c(F)c1Cl. The maximum absolute atomic E-state index is 14.4. The Kier molecular flexibility index (Phi) is 5.18. The molecule has 0 saturated carbocycles. The van der Waals surface area contributed by atoms with E-state index in [4.69, 9.17) is 16.3 Å². The summed E-state index contributed by atoms with van der Waals surface area (Å²) in [6, 6.07) is 12.6. The van der Waals surface area contributed by atoms with E-state index in [1.54, 1.807) is 4.68 Å². The number of anilines is 1. The lowest BCUT2D eigenvalue weighted by atomic mass is 10.2. The molecule has 0 bridgehead atoms. The van der Waals surface area contributed by atoms with E-state index in [1.807, 2.05) is 30.3 Å². The normalized spacial score (nSPS) is 10.6. The number of benzene rings is 2. The van der Waals surface area contributed by atoms with Crippen molar-refractivity contribution in [2.45, 2.75) is 6.54 Å². The monoisotopic (exact) mass is 374 g/mol. The minimum absolute atomic E-state index is 0.0141. The summed E-state index contributed by atoms with van der Waals surface area (Å²) in [6.07, 6.45) is 1.46. The van der Waals surface area contributed by atoms with Crippen molar-refractivity contribution in [3.05, 3.63) is 71.0 Å². The topological polar surface area (TPSA) is 60.2 Å². The fourth-order valence-electron chi connectivity index (χ4n) is 2.44. The number of hydrogen-bond donors (Lipinski definition) is 0. The quantitative estimate of drug-likeness (QED) is 0.686. The van der Waals surface area contributed by atoms with Crippen LogP contribution in [0.15, 0.2) is 48.8 Å². The molecule has 26 heavy (non-hydrogen) atoms. The van der Waals surface area contributed by atoms with E-state index >= 15 is 0 Å².